The van der Waals surface area contributed by atoms with Crippen LogP contribution in [0.4, 0.5) is 0 Å². The van der Waals surface area contributed by atoms with Crippen molar-refractivity contribution in [3.8, 4) is 0 Å². The Morgan fingerprint density at radius 3 is 1.94 bits per heavy atom. The van der Waals surface area contributed by atoms with Crippen molar-refractivity contribution in [1.82, 2.24) is 0 Å². The molecule has 7 atom stereocenters. The molecule has 0 aromatic rings. The number of hydrogen-bond donors (Lipinski definition) is 6. The van der Waals surface area contributed by atoms with Crippen molar-refractivity contribution >= 4 is 33.4 Å². The highest BCUT2D eigenvalue weighted by atomic mass is 31.2. The minimum absolute atomic E-state index is 0.0111. The van der Waals surface area contributed by atoms with Crippen molar-refractivity contribution in [2.45, 2.75) is 186 Å². The summed E-state index contributed by atoms with van der Waals surface area (Å²) < 4.78 is 47.8. The van der Waals surface area contributed by atoms with Gasteiger partial charge in [-0.15, -0.1) is 0 Å². The summed E-state index contributed by atoms with van der Waals surface area (Å²) in [6.07, 6.45) is 30.2. The largest absolute Gasteiger partial charge is 0.472 e. The SMILES string of the molecule is CCCCCCCC/C=C\C/C=C\C/C=C\CCCC(=O)O[C@H](COC(=O)CCCCCC[C@H]1[C@@H](O)CC(=O)[C@@H]1/C=C/[C@@H](O)CCCCC)COP(=O)(O)OC[C@@H](O)COP(=O)(O)O. The molecule has 64 heavy (non-hydrogen) atoms. The fourth-order valence-corrected chi connectivity index (χ4v) is 8.13. The Morgan fingerprint density at radius 1 is 0.688 bits per heavy atom. The van der Waals surface area contributed by atoms with Gasteiger partial charge in [-0.05, 0) is 63.7 Å². The number of rotatable bonds is 40. The topological polar surface area (TPSA) is 253 Å². The molecular weight excluding hydrogens is 870 g/mol. The molecule has 1 saturated carbocycles. The number of carbonyl (C=O) groups excluding carboxylic acids is 3. The average Bonchev–Trinajstić information content (AvgIpc) is 3.51. The van der Waals surface area contributed by atoms with Crippen LogP contribution in [0, 0.1) is 11.8 Å². The number of phosphoric acid groups is 2. The van der Waals surface area contributed by atoms with Gasteiger partial charge in [-0.25, -0.2) is 9.13 Å². The van der Waals surface area contributed by atoms with Crippen LogP contribution in [-0.4, -0.2) is 98.6 Å². The Balaban J connectivity index is 2.55. The van der Waals surface area contributed by atoms with Crippen molar-refractivity contribution in [3.05, 3.63) is 48.6 Å². The average molecular weight is 951 g/mol. The van der Waals surface area contributed by atoms with E-state index in [9.17, 15) is 43.7 Å². The molecule has 1 unspecified atom stereocenters. The summed E-state index contributed by atoms with van der Waals surface area (Å²) in [5, 5.41) is 30.5. The minimum atomic E-state index is -4.90. The maximum absolute atomic E-state index is 12.7. The fourth-order valence-electron chi connectivity index (χ4n) is 6.97. The first-order valence-electron chi connectivity index (χ1n) is 23.4. The lowest BCUT2D eigenvalue weighted by Gasteiger charge is -2.20. The number of hydrogen-bond acceptors (Lipinski definition) is 13. The Bertz CT molecular complexity index is 1480. The van der Waals surface area contributed by atoms with Gasteiger partial charge in [-0.1, -0.05) is 133 Å². The predicted octanol–water partition coefficient (Wildman–Crippen LogP) is 8.82. The minimum Gasteiger partial charge on any atom is -0.462 e. The van der Waals surface area contributed by atoms with E-state index in [4.69, 9.17) is 23.8 Å². The highest BCUT2D eigenvalue weighted by Crippen LogP contribution is 2.44. The third kappa shape index (κ3) is 33.2. The Morgan fingerprint density at radius 2 is 1.25 bits per heavy atom. The van der Waals surface area contributed by atoms with Crippen molar-refractivity contribution in [2.75, 3.05) is 26.4 Å². The highest BCUT2D eigenvalue weighted by molar-refractivity contribution is 7.47. The zero-order chi connectivity index (χ0) is 47.5. The van der Waals surface area contributed by atoms with Crippen LogP contribution >= 0.6 is 15.6 Å². The number of aliphatic hydroxyl groups excluding tert-OH is 3. The number of Topliss-reactive ketones (excluding diaryl/α,β-unsaturated/α-hetero) is 1. The van der Waals surface area contributed by atoms with E-state index in [0.29, 0.717) is 38.5 Å². The van der Waals surface area contributed by atoms with Crippen LogP contribution in [-0.2, 0) is 46.6 Å². The molecule has 1 aliphatic rings. The van der Waals surface area contributed by atoms with E-state index in [0.717, 1.165) is 51.4 Å². The van der Waals surface area contributed by atoms with Gasteiger partial charge in [0.1, 0.15) is 18.5 Å². The van der Waals surface area contributed by atoms with Gasteiger partial charge in [0, 0.05) is 25.2 Å². The molecule has 0 radical (unpaired) electrons. The molecule has 0 bridgehead atoms. The van der Waals surface area contributed by atoms with E-state index in [-0.39, 0.29) is 31.0 Å². The molecular formula is C46H80O16P2. The van der Waals surface area contributed by atoms with E-state index < -0.39 is 84.3 Å². The first kappa shape index (κ1) is 59.7. The predicted molar refractivity (Wildman–Crippen MR) is 245 cm³/mol. The van der Waals surface area contributed by atoms with E-state index in [2.05, 4.69) is 47.2 Å². The number of carbonyl (C=O) groups is 3. The lowest BCUT2D eigenvalue weighted by atomic mass is 9.88. The van der Waals surface area contributed by atoms with Crippen LogP contribution in [0.15, 0.2) is 48.6 Å². The van der Waals surface area contributed by atoms with Gasteiger partial charge in [-0.2, -0.15) is 0 Å². The Hall–Kier alpha value is -2.33. The second-order valence-electron chi connectivity index (χ2n) is 16.5. The third-order valence-corrected chi connectivity index (χ3v) is 12.0. The number of unbranched alkanes of at least 4 members (excludes halogenated alkanes) is 12. The van der Waals surface area contributed by atoms with Crippen LogP contribution in [0.3, 0.4) is 0 Å². The van der Waals surface area contributed by atoms with Gasteiger partial charge in [0.05, 0.1) is 32.0 Å². The molecule has 0 aromatic carbocycles. The van der Waals surface area contributed by atoms with Gasteiger partial charge >= 0.3 is 27.6 Å². The van der Waals surface area contributed by atoms with E-state index in [1.54, 1.807) is 12.2 Å². The molecule has 0 aliphatic heterocycles. The van der Waals surface area contributed by atoms with Crippen molar-refractivity contribution in [2.24, 2.45) is 11.8 Å². The summed E-state index contributed by atoms with van der Waals surface area (Å²) in [5.41, 5.74) is 0. The quantitative estimate of drug-likeness (QED) is 0.0145. The molecule has 18 heteroatoms. The molecule has 0 amide bonds. The van der Waals surface area contributed by atoms with Crippen LogP contribution in [0.5, 0.6) is 0 Å². The number of ether oxygens (including phenoxy) is 2. The summed E-state index contributed by atoms with van der Waals surface area (Å²) in [7, 11) is -9.78. The van der Waals surface area contributed by atoms with Gasteiger partial charge in [0.15, 0.2) is 6.10 Å². The second kappa shape index (κ2) is 36.7. The molecule has 370 valence electrons. The first-order chi connectivity index (χ1) is 30.6. The van der Waals surface area contributed by atoms with Crippen molar-refractivity contribution in [3.63, 3.8) is 0 Å². The number of phosphoric ester groups is 2. The maximum Gasteiger partial charge on any atom is 0.472 e. The lowest BCUT2D eigenvalue weighted by Crippen LogP contribution is -2.29. The number of allylic oxidation sites excluding steroid dienone is 7. The molecule has 1 aliphatic carbocycles. The van der Waals surface area contributed by atoms with Crippen molar-refractivity contribution in [1.29, 1.82) is 0 Å². The maximum atomic E-state index is 12.7. The van der Waals surface area contributed by atoms with Gasteiger partial charge < -0.3 is 39.5 Å². The first-order valence-corrected chi connectivity index (χ1v) is 26.5. The van der Waals surface area contributed by atoms with E-state index in [1.165, 1.54) is 38.5 Å². The monoisotopic (exact) mass is 950 g/mol. The number of ketones is 1. The highest BCUT2D eigenvalue weighted by Gasteiger charge is 2.39. The summed E-state index contributed by atoms with van der Waals surface area (Å²) in [5.74, 6) is -1.95. The second-order valence-corrected chi connectivity index (χ2v) is 19.2. The zero-order valence-electron chi connectivity index (χ0n) is 38.3. The number of aliphatic hydroxyl groups is 3. The molecule has 16 nitrogen and oxygen atoms in total. The van der Waals surface area contributed by atoms with Crippen LogP contribution in [0.1, 0.15) is 162 Å². The molecule has 0 aromatic heterocycles. The summed E-state index contributed by atoms with van der Waals surface area (Å²) in [6, 6.07) is 0. The Kier molecular flexibility index (Phi) is 34.3. The van der Waals surface area contributed by atoms with Crippen molar-refractivity contribution < 1.29 is 76.6 Å². The third-order valence-electron chi connectivity index (χ3n) is 10.6. The van der Waals surface area contributed by atoms with Crippen LogP contribution in [0.25, 0.3) is 0 Å². The normalized spacial score (nSPS) is 19.6. The lowest BCUT2D eigenvalue weighted by molar-refractivity contribution is -0.161. The fraction of sp³-hybridized carbons (Fsp3) is 0.761. The van der Waals surface area contributed by atoms with Crippen LogP contribution in [0.2, 0.25) is 0 Å². The smallest absolute Gasteiger partial charge is 0.462 e. The molecule has 0 saturated heterocycles. The molecule has 1 rings (SSSR count). The zero-order valence-corrected chi connectivity index (χ0v) is 40.1. The molecule has 0 heterocycles. The van der Waals surface area contributed by atoms with Crippen LogP contribution < -0.4 is 0 Å². The number of esters is 2. The molecule has 0 spiro atoms. The molecule has 6 N–H and O–H groups in total. The van der Waals surface area contributed by atoms with Gasteiger partial charge in [-0.3, -0.25) is 28.0 Å². The molecule has 1 fully saturated rings. The van der Waals surface area contributed by atoms with E-state index in [1.807, 2.05) is 12.2 Å². The van der Waals surface area contributed by atoms with Gasteiger partial charge in [0.2, 0.25) is 0 Å². The Labute approximate surface area is 381 Å². The van der Waals surface area contributed by atoms with E-state index >= 15 is 0 Å². The van der Waals surface area contributed by atoms with Gasteiger partial charge in [0.25, 0.3) is 0 Å². The summed E-state index contributed by atoms with van der Waals surface area (Å²) in [4.78, 5) is 65.5. The summed E-state index contributed by atoms with van der Waals surface area (Å²) in [6.45, 7) is 1.33. The summed E-state index contributed by atoms with van der Waals surface area (Å²) >= 11 is 0. The standard InChI is InChI=1S/C46H80O16P2/c1-3-5-7-8-9-10-11-12-13-14-15-16-17-18-19-20-26-30-46(52)62-40(37-61-64(56,57)60-35-39(48)34-59-63(53,54)55)36-58-45(51)29-25-22-21-24-28-41-42(44(50)33-43(41)49)32-31-38(47)27-23-6-4-2/h12-13,15-16,18-19,31-32,38-43,47-49H,3-11,14,17,20-30,33-37H2,1-2H3,(H,56,57)(H2,53,54,55)/b13-12-,16-15-,19-18-,32-31+/t38-,39-,40+,41+,42+,43-/m0/s1.